The maximum atomic E-state index is 8.76. The molecule has 0 saturated heterocycles. The fraction of sp³-hybridized carbons (Fsp3) is 0.278. The summed E-state index contributed by atoms with van der Waals surface area (Å²) in [5.74, 6) is 2.12. The predicted octanol–water partition coefficient (Wildman–Crippen LogP) is 5.98. The first-order chi connectivity index (χ1) is 11.0. The number of hydrogen-bond donors (Lipinski definition) is 0. The molecule has 0 aliphatic carbocycles. The smallest absolute Gasteiger partial charge is 0.164 e. The Morgan fingerprint density at radius 1 is 1.13 bits per heavy atom. The molecule has 2 aromatic carbocycles. The normalized spacial score (nSPS) is 10.5. The second kappa shape index (κ2) is 7.59. The van der Waals surface area contributed by atoms with Gasteiger partial charge in [-0.3, -0.25) is 0 Å². The maximum Gasteiger partial charge on any atom is 0.164 e. The molecule has 5 heteroatoms. The van der Waals surface area contributed by atoms with E-state index in [0.29, 0.717) is 21.5 Å². The molecule has 0 N–H and O–H groups in total. The van der Waals surface area contributed by atoms with E-state index in [1.54, 1.807) is 25.3 Å². The highest BCUT2D eigenvalue weighted by atomic mass is 35.5. The minimum Gasteiger partial charge on any atom is -0.496 e. The lowest BCUT2D eigenvalue weighted by Gasteiger charge is -2.15. The maximum absolute atomic E-state index is 8.76. The van der Waals surface area contributed by atoms with Gasteiger partial charge in [0.2, 0.25) is 0 Å². The Bertz CT molecular complexity index is 728. The first kappa shape index (κ1) is 17.5. The van der Waals surface area contributed by atoms with E-state index in [4.69, 9.17) is 37.9 Å². The second-order valence-electron chi connectivity index (χ2n) is 5.38. The van der Waals surface area contributed by atoms with Gasteiger partial charge in [0.1, 0.15) is 11.5 Å². The Morgan fingerprint density at radius 2 is 1.78 bits per heavy atom. The zero-order chi connectivity index (χ0) is 17.0. The van der Waals surface area contributed by atoms with Crippen molar-refractivity contribution in [2.75, 3.05) is 7.11 Å². The summed E-state index contributed by atoms with van der Waals surface area (Å²) < 4.78 is 11.2. The summed E-state index contributed by atoms with van der Waals surface area (Å²) in [6.07, 6.45) is 0.250. The van der Waals surface area contributed by atoms with Crippen LogP contribution in [0.15, 0.2) is 30.3 Å². The highest BCUT2D eigenvalue weighted by Gasteiger charge is 2.14. The summed E-state index contributed by atoms with van der Waals surface area (Å²) in [5, 5.41) is 9.52. The average molecular weight is 350 g/mol. The van der Waals surface area contributed by atoms with E-state index in [1.165, 1.54) is 0 Å². The molecule has 120 valence electrons. The lowest BCUT2D eigenvalue weighted by Crippen LogP contribution is -1.96. The van der Waals surface area contributed by atoms with Crippen molar-refractivity contribution in [2.24, 2.45) is 0 Å². The molecule has 0 fully saturated rings. The fourth-order valence-electron chi connectivity index (χ4n) is 2.25. The topological polar surface area (TPSA) is 42.2 Å². The number of ether oxygens (including phenoxy) is 2. The summed E-state index contributed by atoms with van der Waals surface area (Å²) in [6.45, 7) is 4.16. The van der Waals surface area contributed by atoms with Crippen molar-refractivity contribution in [3.8, 4) is 23.3 Å². The van der Waals surface area contributed by atoms with Crippen LogP contribution in [-0.2, 0) is 6.42 Å². The van der Waals surface area contributed by atoms with E-state index in [2.05, 4.69) is 19.9 Å². The zero-order valence-corrected chi connectivity index (χ0v) is 14.7. The van der Waals surface area contributed by atoms with E-state index in [0.717, 1.165) is 16.9 Å². The van der Waals surface area contributed by atoms with Gasteiger partial charge in [-0.15, -0.1) is 0 Å². The Hall–Kier alpha value is -1.89. The van der Waals surface area contributed by atoms with E-state index in [9.17, 15) is 0 Å². The predicted molar refractivity (Wildman–Crippen MR) is 92.9 cm³/mol. The highest BCUT2D eigenvalue weighted by molar-refractivity contribution is 6.37. The van der Waals surface area contributed by atoms with Crippen LogP contribution in [0.5, 0.6) is 17.2 Å². The summed E-state index contributed by atoms with van der Waals surface area (Å²) in [7, 11) is 1.64. The molecule has 0 unspecified atom stereocenters. The second-order valence-corrected chi connectivity index (χ2v) is 6.20. The van der Waals surface area contributed by atoms with Crippen molar-refractivity contribution in [3.63, 3.8) is 0 Å². The van der Waals surface area contributed by atoms with Crippen molar-refractivity contribution >= 4 is 23.2 Å². The van der Waals surface area contributed by atoms with Gasteiger partial charge in [0, 0.05) is 5.56 Å². The molecule has 2 rings (SSSR count). The molecular formula is C18H17Cl2NO2. The lowest BCUT2D eigenvalue weighted by atomic mass is 10.0. The standard InChI is InChI=1S/C18H17Cl2NO2/c1-11(2)14-10-13(4-5-17(14)22-3)23-18-15(19)8-12(6-7-21)9-16(18)20/h4-5,8-11H,6H2,1-3H3. The SMILES string of the molecule is COc1ccc(Oc2c(Cl)cc(CC#N)cc2Cl)cc1C(C)C. The van der Waals surface area contributed by atoms with Crippen molar-refractivity contribution < 1.29 is 9.47 Å². The van der Waals surface area contributed by atoms with Gasteiger partial charge in [0.25, 0.3) is 0 Å². The highest BCUT2D eigenvalue weighted by Crippen LogP contribution is 2.39. The van der Waals surface area contributed by atoms with Gasteiger partial charge in [-0.25, -0.2) is 0 Å². The molecule has 0 bridgehead atoms. The van der Waals surface area contributed by atoms with Gasteiger partial charge in [0.05, 0.1) is 29.6 Å². The number of methoxy groups -OCH3 is 1. The molecule has 2 aromatic rings. The van der Waals surface area contributed by atoms with Crippen LogP contribution in [0.4, 0.5) is 0 Å². The molecule has 0 amide bonds. The molecule has 0 aliphatic rings. The van der Waals surface area contributed by atoms with Crippen molar-refractivity contribution in [2.45, 2.75) is 26.2 Å². The number of benzene rings is 2. The molecule has 3 nitrogen and oxygen atoms in total. The number of nitrogens with zero attached hydrogens (tertiary/aromatic N) is 1. The number of nitriles is 1. The molecular weight excluding hydrogens is 333 g/mol. The molecule has 0 heterocycles. The van der Waals surface area contributed by atoms with Gasteiger partial charge in [-0.05, 0) is 41.8 Å². The van der Waals surface area contributed by atoms with Crippen LogP contribution in [0.25, 0.3) is 0 Å². The van der Waals surface area contributed by atoms with E-state index in [-0.39, 0.29) is 12.3 Å². The van der Waals surface area contributed by atoms with Gasteiger partial charge in [0.15, 0.2) is 5.75 Å². The Kier molecular flexibility index (Phi) is 5.76. The number of halogens is 2. The summed E-state index contributed by atoms with van der Waals surface area (Å²) in [6, 6.07) is 11.0. The number of hydrogen-bond acceptors (Lipinski definition) is 3. The fourth-order valence-corrected chi connectivity index (χ4v) is 2.86. The summed E-state index contributed by atoms with van der Waals surface area (Å²) in [5.41, 5.74) is 1.80. The Labute approximate surface area is 146 Å². The van der Waals surface area contributed by atoms with Crippen molar-refractivity contribution in [3.05, 3.63) is 51.5 Å². The zero-order valence-electron chi connectivity index (χ0n) is 13.2. The molecule has 0 radical (unpaired) electrons. The van der Waals surface area contributed by atoms with Gasteiger partial charge >= 0.3 is 0 Å². The van der Waals surface area contributed by atoms with E-state index < -0.39 is 0 Å². The quantitative estimate of drug-likeness (QED) is 0.666. The third-order valence-corrected chi connectivity index (χ3v) is 3.95. The summed E-state index contributed by atoms with van der Waals surface area (Å²) in [4.78, 5) is 0. The van der Waals surface area contributed by atoms with Crippen LogP contribution in [-0.4, -0.2) is 7.11 Å². The first-order valence-electron chi connectivity index (χ1n) is 7.17. The van der Waals surface area contributed by atoms with Gasteiger partial charge < -0.3 is 9.47 Å². The third-order valence-electron chi connectivity index (χ3n) is 3.38. The molecule has 0 aromatic heterocycles. The molecule has 0 saturated carbocycles. The summed E-state index contributed by atoms with van der Waals surface area (Å²) >= 11 is 12.5. The number of rotatable bonds is 5. The van der Waals surface area contributed by atoms with Crippen LogP contribution >= 0.6 is 23.2 Å². The largest absolute Gasteiger partial charge is 0.496 e. The van der Waals surface area contributed by atoms with E-state index in [1.807, 2.05) is 12.1 Å². The van der Waals surface area contributed by atoms with Crippen LogP contribution in [0.2, 0.25) is 10.0 Å². The van der Waals surface area contributed by atoms with Crippen LogP contribution < -0.4 is 9.47 Å². The minimum atomic E-state index is 0.250. The Balaban J connectivity index is 2.36. The minimum absolute atomic E-state index is 0.250. The van der Waals surface area contributed by atoms with Gasteiger partial charge in [-0.2, -0.15) is 5.26 Å². The Morgan fingerprint density at radius 3 is 2.30 bits per heavy atom. The lowest BCUT2D eigenvalue weighted by molar-refractivity contribution is 0.405. The molecule has 23 heavy (non-hydrogen) atoms. The molecule has 0 aliphatic heterocycles. The molecule has 0 atom stereocenters. The van der Waals surface area contributed by atoms with Gasteiger partial charge in [-0.1, -0.05) is 37.0 Å². The monoisotopic (exact) mass is 349 g/mol. The van der Waals surface area contributed by atoms with Crippen molar-refractivity contribution in [1.29, 1.82) is 5.26 Å². The van der Waals surface area contributed by atoms with E-state index >= 15 is 0 Å². The average Bonchev–Trinajstić information content (AvgIpc) is 2.51. The van der Waals surface area contributed by atoms with Crippen LogP contribution in [0, 0.1) is 11.3 Å². The van der Waals surface area contributed by atoms with Crippen LogP contribution in [0.1, 0.15) is 30.9 Å². The first-order valence-corrected chi connectivity index (χ1v) is 7.92. The third kappa shape index (κ3) is 4.10. The van der Waals surface area contributed by atoms with Crippen LogP contribution in [0.3, 0.4) is 0 Å². The van der Waals surface area contributed by atoms with Crippen molar-refractivity contribution in [1.82, 2.24) is 0 Å². The molecule has 0 spiro atoms.